The van der Waals surface area contributed by atoms with Crippen LogP contribution >= 0.6 is 0 Å². The first-order valence-electron chi connectivity index (χ1n) is 9.74. The molecule has 4 rings (SSSR count). The zero-order valence-electron chi connectivity index (χ0n) is 16.1. The van der Waals surface area contributed by atoms with Gasteiger partial charge in [0.2, 0.25) is 5.95 Å². The molecule has 0 saturated heterocycles. The van der Waals surface area contributed by atoms with Crippen molar-refractivity contribution < 1.29 is 0 Å². The summed E-state index contributed by atoms with van der Waals surface area (Å²) < 4.78 is 0. The Morgan fingerprint density at radius 2 is 1.82 bits per heavy atom. The van der Waals surface area contributed by atoms with Crippen LogP contribution in [0.4, 0.5) is 11.8 Å². The van der Waals surface area contributed by atoms with E-state index in [0.29, 0.717) is 0 Å². The minimum absolute atomic E-state index is 0.753. The highest BCUT2D eigenvalue weighted by atomic mass is 15.3. The van der Waals surface area contributed by atoms with Crippen LogP contribution in [0.25, 0.3) is 10.9 Å². The van der Waals surface area contributed by atoms with Gasteiger partial charge in [-0.3, -0.25) is 0 Å². The summed E-state index contributed by atoms with van der Waals surface area (Å²) in [6.07, 6.45) is 4.85. The van der Waals surface area contributed by atoms with E-state index >= 15 is 0 Å². The van der Waals surface area contributed by atoms with Gasteiger partial charge in [0.25, 0.3) is 0 Å². The summed E-state index contributed by atoms with van der Waals surface area (Å²) in [5.74, 6) is 1.61. The van der Waals surface area contributed by atoms with Crippen molar-refractivity contribution in [2.75, 3.05) is 23.3 Å². The highest BCUT2D eigenvalue weighted by molar-refractivity contribution is 5.83. The van der Waals surface area contributed by atoms with Crippen LogP contribution in [-0.2, 0) is 13.0 Å². The number of aromatic amines is 1. The number of aromatic nitrogens is 3. The molecule has 0 amide bonds. The molecule has 28 heavy (non-hydrogen) atoms. The smallest absolute Gasteiger partial charge is 0.227 e. The summed E-state index contributed by atoms with van der Waals surface area (Å²) in [5, 5.41) is 4.72. The molecule has 2 aromatic heterocycles. The third-order valence-electron chi connectivity index (χ3n) is 4.90. The average Bonchev–Trinajstić information content (AvgIpc) is 3.16. The summed E-state index contributed by atoms with van der Waals surface area (Å²) in [5.41, 5.74) is 3.75. The van der Waals surface area contributed by atoms with E-state index in [4.69, 9.17) is 4.98 Å². The molecule has 2 N–H and O–H groups in total. The summed E-state index contributed by atoms with van der Waals surface area (Å²) in [4.78, 5) is 14.7. The second kappa shape index (κ2) is 8.57. The first-order valence-corrected chi connectivity index (χ1v) is 9.74. The third-order valence-corrected chi connectivity index (χ3v) is 4.90. The van der Waals surface area contributed by atoms with Gasteiger partial charge >= 0.3 is 0 Å². The van der Waals surface area contributed by atoms with Gasteiger partial charge in [-0.2, -0.15) is 4.98 Å². The molecule has 2 heterocycles. The molecule has 0 radical (unpaired) electrons. The molecular formula is C23H25N5. The second-order valence-corrected chi connectivity index (χ2v) is 6.78. The number of hydrogen-bond acceptors (Lipinski definition) is 4. The normalized spacial score (nSPS) is 10.9. The average molecular weight is 371 g/mol. The SMILES string of the molecule is CCN(Cc1ccccc1)c1nccc(NCCc2c[nH]c3ccccc23)n1. The van der Waals surface area contributed by atoms with Crippen LogP contribution in [0.5, 0.6) is 0 Å². The van der Waals surface area contributed by atoms with Crippen LogP contribution in [0.2, 0.25) is 0 Å². The van der Waals surface area contributed by atoms with E-state index in [9.17, 15) is 0 Å². The molecular weight excluding hydrogens is 346 g/mol. The number of H-pyrrole nitrogens is 1. The first kappa shape index (κ1) is 18.0. The molecule has 0 unspecified atom stereocenters. The van der Waals surface area contributed by atoms with E-state index in [0.717, 1.165) is 37.8 Å². The zero-order valence-corrected chi connectivity index (χ0v) is 16.1. The van der Waals surface area contributed by atoms with Crippen LogP contribution in [0.3, 0.4) is 0 Å². The molecule has 0 spiro atoms. The molecule has 0 saturated carbocycles. The highest BCUT2D eigenvalue weighted by Gasteiger charge is 2.09. The molecule has 2 aromatic carbocycles. The lowest BCUT2D eigenvalue weighted by Crippen LogP contribution is -2.24. The Balaban J connectivity index is 1.40. The fourth-order valence-corrected chi connectivity index (χ4v) is 3.39. The number of hydrogen-bond donors (Lipinski definition) is 2. The predicted octanol–water partition coefficient (Wildman–Crippen LogP) is 4.64. The predicted molar refractivity (Wildman–Crippen MR) is 116 cm³/mol. The van der Waals surface area contributed by atoms with Gasteiger partial charge < -0.3 is 15.2 Å². The maximum absolute atomic E-state index is 4.72. The van der Waals surface area contributed by atoms with Gasteiger partial charge in [-0.25, -0.2) is 4.98 Å². The minimum atomic E-state index is 0.753. The van der Waals surface area contributed by atoms with Crippen molar-refractivity contribution in [1.29, 1.82) is 0 Å². The van der Waals surface area contributed by atoms with Gasteiger partial charge in [-0.15, -0.1) is 0 Å². The Labute approximate surface area is 165 Å². The molecule has 0 bridgehead atoms. The number of anilines is 2. The van der Waals surface area contributed by atoms with Crippen molar-refractivity contribution in [2.24, 2.45) is 0 Å². The fraction of sp³-hybridized carbons (Fsp3) is 0.217. The standard InChI is InChI=1S/C23H25N5/c1-2-28(17-18-8-4-3-5-9-18)23-25-15-13-22(27-23)24-14-12-19-16-26-21-11-7-6-10-20(19)21/h3-11,13,15-16,26H,2,12,14,17H2,1H3,(H,24,25,27). The molecule has 0 aliphatic carbocycles. The highest BCUT2D eigenvalue weighted by Crippen LogP contribution is 2.18. The monoisotopic (exact) mass is 371 g/mol. The maximum Gasteiger partial charge on any atom is 0.227 e. The Morgan fingerprint density at radius 1 is 1.00 bits per heavy atom. The lowest BCUT2D eigenvalue weighted by molar-refractivity contribution is 0.791. The molecule has 0 aliphatic rings. The molecule has 0 aliphatic heterocycles. The largest absolute Gasteiger partial charge is 0.370 e. The topological polar surface area (TPSA) is 56.8 Å². The van der Waals surface area contributed by atoms with Crippen molar-refractivity contribution in [1.82, 2.24) is 15.0 Å². The van der Waals surface area contributed by atoms with Crippen LogP contribution in [0.1, 0.15) is 18.1 Å². The minimum Gasteiger partial charge on any atom is -0.370 e. The van der Waals surface area contributed by atoms with E-state index < -0.39 is 0 Å². The fourth-order valence-electron chi connectivity index (χ4n) is 3.39. The molecule has 5 nitrogen and oxygen atoms in total. The third kappa shape index (κ3) is 4.14. The quantitative estimate of drug-likeness (QED) is 0.474. The molecule has 142 valence electrons. The molecule has 4 aromatic rings. The lowest BCUT2D eigenvalue weighted by atomic mass is 10.1. The summed E-state index contributed by atoms with van der Waals surface area (Å²) in [7, 11) is 0. The summed E-state index contributed by atoms with van der Waals surface area (Å²) in [6.45, 7) is 4.61. The van der Waals surface area contributed by atoms with E-state index in [1.54, 1.807) is 0 Å². The van der Waals surface area contributed by atoms with Crippen LogP contribution in [0, 0.1) is 0 Å². The van der Waals surface area contributed by atoms with Crippen molar-refractivity contribution >= 4 is 22.7 Å². The Morgan fingerprint density at radius 3 is 2.68 bits per heavy atom. The Kier molecular flexibility index (Phi) is 5.52. The maximum atomic E-state index is 4.72. The van der Waals surface area contributed by atoms with Crippen LogP contribution in [0.15, 0.2) is 73.1 Å². The van der Waals surface area contributed by atoms with E-state index in [-0.39, 0.29) is 0 Å². The number of fused-ring (bicyclic) bond motifs is 1. The van der Waals surface area contributed by atoms with Crippen molar-refractivity contribution in [3.8, 4) is 0 Å². The molecule has 0 atom stereocenters. The van der Waals surface area contributed by atoms with Crippen LogP contribution < -0.4 is 10.2 Å². The van der Waals surface area contributed by atoms with Crippen molar-refractivity contribution in [3.05, 3.63) is 84.2 Å². The Hall–Kier alpha value is -3.34. The second-order valence-electron chi connectivity index (χ2n) is 6.78. The van der Waals surface area contributed by atoms with E-state index in [1.165, 1.54) is 22.0 Å². The summed E-state index contributed by atoms with van der Waals surface area (Å²) in [6, 6.07) is 20.7. The van der Waals surface area contributed by atoms with Crippen LogP contribution in [-0.4, -0.2) is 28.0 Å². The van der Waals surface area contributed by atoms with Gasteiger partial charge in [0, 0.05) is 42.9 Å². The summed E-state index contributed by atoms with van der Waals surface area (Å²) >= 11 is 0. The van der Waals surface area contributed by atoms with Gasteiger partial charge in [-0.05, 0) is 36.6 Å². The van der Waals surface area contributed by atoms with Gasteiger partial charge in [0.05, 0.1) is 0 Å². The Bertz CT molecular complexity index is 1030. The number of para-hydroxylation sites is 1. The molecule has 5 heteroatoms. The van der Waals surface area contributed by atoms with Crippen molar-refractivity contribution in [2.45, 2.75) is 19.9 Å². The van der Waals surface area contributed by atoms with Gasteiger partial charge in [0.15, 0.2) is 0 Å². The van der Waals surface area contributed by atoms with Gasteiger partial charge in [-0.1, -0.05) is 48.5 Å². The van der Waals surface area contributed by atoms with Gasteiger partial charge in [0.1, 0.15) is 5.82 Å². The molecule has 0 fully saturated rings. The lowest BCUT2D eigenvalue weighted by Gasteiger charge is -2.21. The number of benzene rings is 2. The number of rotatable bonds is 8. The first-order chi connectivity index (χ1) is 13.8. The number of nitrogens with zero attached hydrogens (tertiary/aromatic N) is 3. The van der Waals surface area contributed by atoms with E-state index in [1.807, 2.05) is 18.3 Å². The van der Waals surface area contributed by atoms with E-state index in [2.05, 4.69) is 81.8 Å². The zero-order chi connectivity index (χ0) is 19.2. The van der Waals surface area contributed by atoms with Crippen molar-refractivity contribution in [3.63, 3.8) is 0 Å². The number of nitrogens with one attached hydrogen (secondary N) is 2.